The Morgan fingerprint density at radius 2 is 1.79 bits per heavy atom. The minimum Gasteiger partial charge on any atom is -0.478 e. The number of hydrogen-bond acceptors (Lipinski definition) is 6. The molecule has 0 fully saturated rings. The van der Waals surface area contributed by atoms with Crippen LogP contribution in [0.15, 0.2) is 42.5 Å². The van der Waals surface area contributed by atoms with E-state index in [2.05, 4.69) is 10.1 Å². The second-order valence-electron chi connectivity index (χ2n) is 6.39. The van der Waals surface area contributed by atoms with E-state index < -0.39 is 18.0 Å². The number of methoxy groups -OCH3 is 1. The van der Waals surface area contributed by atoms with Gasteiger partial charge in [0.1, 0.15) is 5.75 Å². The summed E-state index contributed by atoms with van der Waals surface area (Å²) in [5.74, 6) is -1.28. The van der Waals surface area contributed by atoms with Gasteiger partial charge in [0, 0.05) is 13.0 Å². The van der Waals surface area contributed by atoms with Crippen molar-refractivity contribution >= 4 is 29.4 Å². The summed E-state index contributed by atoms with van der Waals surface area (Å²) in [5, 5.41) is 2.68. The number of carbonyl (C=O) groups excluding carboxylic acids is 4. The highest BCUT2D eigenvalue weighted by Gasteiger charge is 2.36. The normalized spacial score (nSPS) is 17.5. The van der Waals surface area contributed by atoms with Crippen LogP contribution < -0.4 is 10.1 Å². The zero-order chi connectivity index (χ0) is 19.8. The molecule has 28 heavy (non-hydrogen) atoms. The van der Waals surface area contributed by atoms with Crippen LogP contribution >= 0.6 is 0 Å². The quantitative estimate of drug-likeness (QED) is 0.642. The number of hydrogen-bond donors (Lipinski definition) is 1. The summed E-state index contributed by atoms with van der Waals surface area (Å²) in [6, 6.07) is 11.2. The van der Waals surface area contributed by atoms with Crippen LogP contribution in [0, 0.1) is 0 Å². The zero-order valence-corrected chi connectivity index (χ0v) is 14.9. The van der Waals surface area contributed by atoms with E-state index in [0.29, 0.717) is 22.6 Å². The monoisotopic (exact) mass is 380 g/mol. The van der Waals surface area contributed by atoms with Crippen molar-refractivity contribution < 1.29 is 28.7 Å². The van der Waals surface area contributed by atoms with Gasteiger partial charge >= 0.3 is 5.97 Å². The second-order valence-corrected chi connectivity index (χ2v) is 6.39. The molecule has 0 aliphatic carbocycles. The van der Waals surface area contributed by atoms with Gasteiger partial charge in [-0.3, -0.25) is 19.3 Å². The van der Waals surface area contributed by atoms with E-state index in [9.17, 15) is 19.2 Å². The first-order chi connectivity index (χ1) is 13.5. The number of imide groups is 1. The van der Waals surface area contributed by atoms with Crippen LogP contribution in [0.25, 0.3) is 0 Å². The number of esters is 1. The van der Waals surface area contributed by atoms with E-state index in [1.165, 1.54) is 19.2 Å². The van der Waals surface area contributed by atoms with E-state index in [1.54, 1.807) is 30.3 Å². The van der Waals surface area contributed by atoms with Gasteiger partial charge in [0.2, 0.25) is 0 Å². The Hall–Kier alpha value is -3.68. The fraction of sp³-hybridized carbons (Fsp3) is 0.200. The lowest BCUT2D eigenvalue weighted by Crippen LogP contribution is -2.41. The Kier molecular flexibility index (Phi) is 4.31. The topological polar surface area (TPSA) is 102 Å². The SMILES string of the molecule is COC(=O)c1ccc2c(c1)NC(=O)C(CCN1C(=O)c3ccccc3C1=O)O2. The number of nitrogens with zero attached hydrogens (tertiary/aromatic N) is 1. The van der Waals surface area contributed by atoms with Gasteiger partial charge in [-0.15, -0.1) is 0 Å². The standard InChI is InChI=1S/C20H16N2O6/c1-27-20(26)11-6-7-15-14(10-11)21-17(23)16(28-15)8-9-22-18(24)12-4-2-3-5-13(12)19(22)25/h2-7,10,16H,8-9H2,1H3,(H,21,23). The fourth-order valence-corrected chi connectivity index (χ4v) is 3.27. The maximum absolute atomic E-state index is 12.4. The molecular weight excluding hydrogens is 364 g/mol. The number of benzene rings is 2. The Balaban J connectivity index is 1.46. The average molecular weight is 380 g/mol. The number of anilines is 1. The summed E-state index contributed by atoms with van der Waals surface area (Å²) in [5.41, 5.74) is 1.38. The van der Waals surface area contributed by atoms with Crippen LogP contribution in [0.1, 0.15) is 37.5 Å². The first-order valence-electron chi connectivity index (χ1n) is 8.64. The molecule has 4 rings (SSSR count). The third kappa shape index (κ3) is 2.88. The molecule has 0 radical (unpaired) electrons. The molecule has 1 unspecified atom stereocenters. The van der Waals surface area contributed by atoms with Crippen LogP contribution in [0.3, 0.4) is 0 Å². The minimum atomic E-state index is -0.860. The molecule has 0 aromatic heterocycles. The third-order valence-corrected chi connectivity index (χ3v) is 4.71. The minimum absolute atomic E-state index is 0.0556. The van der Waals surface area contributed by atoms with Crippen LogP contribution in [-0.4, -0.2) is 48.3 Å². The van der Waals surface area contributed by atoms with Crippen molar-refractivity contribution in [3.8, 4) is 5.75 Å². The second kappa shape index (κ2) is 6.80. The Morgan fingerprint density at radius 1 is 1.11 bits per heavy atom. The molecule has 0 spiro atoms. The van der Waals surface area contributed by atoms with E-state index in [4.69, 9.17) is 4.74 Å². The van der Waals surface area contributed by atoms with Crippen molar-refractivity contribution in [3.63, 3.8) is 0 Å². The molecule has 1 atom stereocenters. The van der Waals surface area contributed by atoms with E-state index in [1.807, 2.05) is 0 Å². The van der Waals surface area contributed by atoms with Crippen LogP contribution in [0.5, 0.6) is 5.75 Å². The van der Waals surface area contributed by atoms with E-state index in [-0.39, 0.29) is 30.3 Å². The van der Waals surface area contributed by atoms with Gasteiger partial charge in [-0.1, -0.05) is 12.1 Å². The van der Waals surface area contributed by atoms with Gasteiger partial charge in [0.15, 0.2) is 6.10 Å². The Morgan fingerprint density at radius 3 is 2.43 bits per heavy atom. The summed E-state index contributed by atoms with van der Waals surface area (Å²) in [7, 11) is 1.27. The average Bonchev–Trinajstić information content (AvgIpc) is 2.96. The Labute approximate surface area is 160 Å². The maximum Gasteiger partial charge on any atom is 0.337 e. The molecule has 2 aliphatic rings. The molecule has 142 valence electrons. The summed E-state index contributed by atoms with van der Waals surface area (Å²) in [6.07, 6.45) is -0.712. The molecule has 8 heteroatoms. The third-order valence-electron chi connectivity index (χ3n) is 4.71. The number of ether oxygens (including phenoxy) is 2. The molecule has 0 saturated carbocycles. The van der Waals surface area contributed by atoms with Gasteiger partial charge in [-0.2, -0.15) is 0 Å². The summed E-state index contributed by atoms with van der Waals surface area (Å²) >= 11 is 0. The van der Waals surface area contributed by atoms with Crippen molar-refractivity contribution in [2.75, 3.05) is 19.0 Å². The molecular formula is C20H16N2O6. The largest absolute Gasteiger partial charge is 0.478 e. The van der Waals surface area contributed by atoms with Crippen molar-refractivity contribution in [3.05, 3.63) is 59.2 Å². The van der Waals surface area contributed by atoms with Gasteiger partial charge < -0.3 is 14.8 Å². The maximum atomic E-state index is 12.4. The van der Waals surface area contributed by atoms with Crippen molar-refractivity contribution in [2.24, 2.45) is 0 Å². The molecule has 2 aromatic rings. The van der Waals surface area contributed by atoms with Crippen molar-refractivity contribution in [1.82, 2.24) is 4.90 Å². The lowest BCUT2D eigenvalue weighted by molar-refractivity contribution is -0.123. The highest BCUT2D eigenvalue weighted by Crippen LogP contribution is 2.32. The number of carbonyl (C=O) groups is 4. The molecule has 0 bridgehead atoms. The smallest absolute Gasteiger partial charge is 0.337 e. The molecule has 8 nitrogen and oxygen atoms in total. The van der Waals surface area contributed by atoms with Crippen LogP contribution in [0.4, 0.5) is 5.69 Å². The van der Waals surface area contributed by atoms with E-state index in [0.717, 1.165) is 4.90 Å². The highest BCUT2D eigenvalue weighted by atomic mass is 16.5. The number of rotatable bonds is 4. The van der Waals surface area contributed by atoms with Gasteiger partial charge in [-0.25, -0.2) is 4.79 Å². The lowest BCUT2D eigenvalue weighted by atomic mass is 10.1. The Bertz CT molecular complexity index is 981. The van der Waals surface area contributed by atoms with Gasteiger partial charge in [0.05, 0.1) is 29.5 Å². The highest BCUT2D eigenvalue weighted by molar-refractivity contribution is 6.21. The fourth-order valence-electron chi connectivity index (χ4n) is 3.27. The lowest BCUT2D eigenvalue weighted by Gasteiger charge is -2.27. The molecule has 2 aromatic carbocycles. The van der Waals surface area contributed by atoms with E-state index >= 15 is 0 Å². The molecule has 2 aliphatic heterocycles. The zero-order valence-electron chi connectivity index (χ0n) is 14.9. The number of nitrogens with one attached hydrogen (secondary N) is 1. The first-order valence-corrected chi connectivity index (χ1v) is 8.64. The van der Waals surface area contributed by atoms with Crippen LogP contribution in [0.2, 0.25) is 0 Å². The van der Waals surface area contributed by atoms with Crippen LogP contribution in [-0.2, 0) is 9.53 Å². The number of fused-ring (bicyclic) bond motifs is 2. The number of amides is 3. The molecule has 3 amide bonds. The predicted molar refractivity (Wildman–Crippen MR) is 97.3 cm³/mol. The van der Waals surface area contributed by atoms with Crippen molar-refractivity contribution in [2.45, 2.75) is 12.5 Å². The van der Waals surface area contributed by atoms with Crippen molar-refractivity contribution in [1.29, 1.82) is 0 Å². The van der Waals surface area contributed by atoms with Gasteiger partial charge in [0.25, 0.3) is 17.7 Å². The summed E-state index contributed by atoms with van der Waals surface area (Å²) < 4.78 is 10.4. The molecule has 0 saturated heterocycles. The summed E-state index contributed by atoms with van der Waals surface area (Å²) in [4.78, 5) is 49.9. The first kappa shape index (κ1) is 17.7. The molecule has 2 heterocycles. The van der Waals surface area contributed by atoms with Gasteiger partial charge in [-0.05, 0) is 30.3 Å². The predicted octanol–water partition coefficient (Wildman–Crippen LogP) is 1.86. The summed E-state index contributed by atoms with van der Waals surface area (Å²) in [6.45, 7) is 0.0556. The molecule has 1 N–H and O–H groups in total.